The summed E-state index contributed by atoms with van der Waals surface area (Å²) >= 11 is 0. The molecule has 0 aliphatic heterocycles. The maximum absolute atomic E-state index is 13.3. The van der Waals surface area contributed by atoms with Gasteiger partial charge in [0, 0.05) is 5.92 Å². The van der Waals surface area contributed by atoms with E-state index in [1.165, 1.54) is 5.56 Å². The first-order valence-corrected chi connectivity index (χ1v) is 12.5. The van der Waals surface area contributed by atoms with E-state index in [4.69, 9.17) is 5.73 Å². The molecule has 1 saturated carbocycles. The summed E-state index contributed by atoms with van der Waals surface area (Å²) in [5, 5.41) is 9.53. The molecule has 5 rings (SSSR count). The number of benzene rings is 3. The van der Waals surface area contributed by atoms with Crippen molar-refractivity contribution >= 4 is 16.8 Å². The average molecular weight is 469 g/mol. The van der Waals surface area contributed by atoms with E-state index < -0.39 is 0 Å². The molecule has 5 N–H and O–H groups in total. The first kappa shape index (κ1) is 23.1. The molecule has 1 aliphatic rings. The van der Waals surface area contributed by atoms with Gasteiger partial charge in [-0.05, 0) is 85.0 Å². The van der Waals surface area contributed by atoms with Gasteiger partial charge < -0.3 is 11.1 Å². The lowest BCUT2D eigenvalue weighted by Gasteiger charge is -2.29. The van der Waals surface area contributed by atoms with E-state index in [-0.39, 0.29) is 23.4 Å². The fourth-order valence-electron chi connectivity index (χ4n) is 5.20. The minimum atomic E-state index is -0.142. The Morgan fingerprint density at radius 3 is 2.46 bits per heavy atom. The number of aromatic nitrogens is 2. The van der Waals surface area contributed by atoms with Crippen molar-refractivity contribution in [3.8, 4) is 11.1 Å². The van der Waals surface area contributed by atoms with E-state index in [2.05, 4.69) is 39.8 Å². The molecule has 1 atom stereocenters. The van der Waals surface area contributed by atoms with Crippen LogP contribution in [0.5, 0.6) is 0 Å². The van der Waals surface area contributed by atoms with E-state index >= 15 is 0 Å². The largest absolute Gasteiger partial charge is 0.349 e. The van der Waals surface area contributed by atoms with E-state index in [1.54, 1.807) is 0 Å². The molecule has 1 heterocycles. The monoisotopic (exact) mass is 468 g/mol. The number of carbonyl (C=O) groups excluding carboxylic acids is 1. The van der Waals surface area contributed by atoms with Gasteiger partial charge in [-0.3, -0.25) is 19.8 Å². The summed E-state index contributed by atoms with van der Waals surface area (Å²) in [7, 11) is 0. The van der Waals surface area contributed by atoms with Crippen molar-refractivity contribution in [2.75, 3.05) is 6.54 Å². The lowest BCUT2D eigenvalue weighted by Crippen LogP contribution is -2.37. The van der Waals surface area contributed by atoms with Crippen molar-refractivity contribution < 1.29 is 4.79 Å². The van der Waals surface area contributed by atoms with Crippen LogP contribution in [0.25, 0.3) is 22.0 Å². The Morgan fingerprint density at radius 1 is 0.914 bits per heavy atom. The van der Waals surface area contributed by atoms with Crippen molar-refractivity contribution in [2.45, 2.75) is 38.1 Å². The van der Waals surface area contributed by atoms with Crippen LogP contribution in [0.4, 0.5) is 0 Å². The molecule has 180 valence electrons. The molecule has 1 aromatic heterocycles. The van der Waals surface area contributed by atoms with Crippen LogP contribution in [0.1, 0.15) is 42.9 Å². The SMILES string of the molecule is NCC1CCC(C(=O)NC(Cc2ccccc2)c2cccc(-c3ccc4[nH][nH]c(=O)c4c3)c2)CC1. The molecular weight excluding hydrogens is 436 g/mol. The molecule has 0 radical (unpaired) electrons. The Balaban J connectivity index is 1.42. The zero-order chi connectivity index (χ0) is 24.2. The number of hydrogen-bond acceptors (Lipinski definition) is 3. The maximum Gasteiger partial charge on any atom is 0.271 e. The number of aromatic amines is 2. The highest BCUT2D eigenvalue weighted by molar-refractivity contribution is 5.84. The fourth-order valence-corrected chi connectivity index (χ4v) is 5.20. The molecule has 0 bridgehead atoms. The first-order valence-electron chi connectivity index (χ1n) is 12.5. The second-order valence-corrected chi connectivity index (χ2v) is 9.67. The Kier molecular flexibility index (Phi) is 6.82. The standard InChI is InChI=1S/C29H32N4O2/c30-18-20-9-11-21(12-10-20)28(34)31-27(15-19-5-2-1-3-6-19)24-8-4-7-22(16-24)23-13-14-26-25(17-23)29(35)33-32-26/h1-8,13-14,16-17,20-21,27H,9-12,15,18,30H2,(H,31,34)(H2,32,33,35). The lowest BCUT2D eigenvalue weighted by molar-refractivity contribution is -0.127. The molecule has 35 heavy (non-hydrogen) atoms. The average Bonchev–Trinajstić information content (AvgIpc) is 3.29. The Morgan fingerprint density at radius 2 is 1.69 bits per heavy atom. The van der Waals surface area contributed by atoms with Crippen molar-refractivity contribution in [2.24, 2.45) is 17.6 Å². The summed E-state index contributed by atoms with van der Waals surface area (Å²) in [5.74, 6) is 0.717. The van der Waals surface area contributed by atoms with Crippen molar-refractivity contribution in [3.05, 3.63) is 94.3 Å². The van der Waals surface area contributed by atoms with E-state index in [1.807, 2.05) is 48.5 Å². The van der Waals surface area contributed by atoms with Gasteiger partial charge in [-0.25, -0.2) is 0 Å². The third-order valence-electron chi connectivity index (χ3n) is 7.35. The molecule has 1 fully saturated rings. The van der Waals surface area contributed by atoms with Crippen LogP contribution >= 0.6 is 0 Å². The minimum absolute atomic E-state index is 0.0435. The summed E-state index contributed by atoms with van der Waals surface area (Å²) in [6.45, 7) is 0.707. The lowest BCUT2D eigenvalue weighted by atomic mass is 9.81. The molecule has 6 heteroatoms. The number of carbonyl (C=O) groups is 1. The van der Waals surface area contributed by atoms with Crippen LogP contribution in [0.15, 0.2) is 77.6 Å². The van der Waals surface area contributed by atoms with E-state index in [9.17, 15) is 9.59 Å². The molecule has 0 spiro atoms. The highest BCUT2D eigenvalue weighted by Crippen LogP contribution is 2.30. The normalized spacial score (nSPS) is 18.9. The van der Waals surface area contributed by atoms with Gasteiger partial charge in [0.05, 0.1) is 16.9 Å². The summed E-state index contributed by atoms with van der Waals surface area (Å²) in [5.41, 5.74) is 10.7. The van der Waals surface area contributed by atoms with Gasteiger partial charge in [-0.1, -0.05) is 54.6 Å². The number of H-pyrrole nitrogens is 2. The summed E-state index contributed by atoms with van der Waals surface area (Å²) < 4.78 is 0. The van der Waals surface area contributed by atoms with E-state index in [0.717, 1.165) is 47.9 Å². The number of nitrogens with one attached hydrogen (secondary N) is 3. The summed E-state index contributed by atoms with van der Waals surface area (Å²) in [6, 6.07) is 24.2. The molecule has 0 saturated heterocycles. The quantitative estimate of drug-likeness (QED) is 0.316. The highest BCUT2D eigenvalue weighted by Gasteiger charge is 2.27. The summed E-state index contributed by atoms with van der Waals surface area (Å²) in [6.07, 6.45) is 4.56. The number of fused-ring (bicyclic) bond motifs is 1. The molecule has 4 aromatic rings. The smallest absolute Gasteiger partial charge is 0.271 e. The predicted octanol–water partition coefficient (Wildman–Crippen LogP) is 4.69. The minimum Gasteiger partial charge on any atom is -0.349 e. The summed E-state index contributed by atoms with van der Waals surface area (Å²) in [4.78, 5) is 25.4. The van der Waals surface area contributed by atoms with Crippen LogP contribution in [0.3, 0.4) is 0 Å². The topological polar surface area (TPSA) is 104 Å². The van der Waals surface area contributed by atoms with Crippen LogP contribution in [0.2, 0.25) is 0 Å². The third-order valence-corrected chi connectivity index (χ3v) is 7.35. The molecule has 6 nitrogen and oxygen atoms in total. The zero-order valence-corrected chi connectivity index (χ0v) is 19.8. The molecule has 1 amide bonds. The second-order valence-electron chi connectivity index (χ2n) is 9.67. The number of rotatable bonds is 7. The van der Waals surface area contributed by atoms with Gasteiger partial charge in [-0.15, -0.1) is 0 Å². The van der Waals surface area contributed by atoms with Gasteiger partial charge in [0.2, 0.25) is 5.91 Å². The van der Waals surface area contributed by atoms with Crippen LogP contribution in [-0.4, -0.2) is 22.6 Å². The Bertz CT molecular complexity index is 1350. The zero-order valence-electron chi connectivity index (χ0n) is 19.8. The van der Waals surface area contributed by atoms with Gasteiger partial charge >= 0.3 is 0 Å². The van der Waals surface area contributed by atoms with Gasteiger partial charge in [0.15, 0.2) is 0 Å². The Labute approximate surface area is 204 Å². The molecule has 1 unspecified atom stereocenters. The van der Waals surface area contributed by atoms with Crippen molar-refractivity contribution in [1.82, 2.24) is 15.5 Å². The number of nitrogens with two attached hydrogens (primary N) is 1. The first-order chi connectivity index (χ1) is 17.1. The van der Waals surface area contributed by atoms with Crippen LogP contribution in [0, 0.1) is 11.8 Å². The van der Waals surface area contributed by atoms with Gasteiger partial charge in [-0.2, -0.15) is 0 Å². The predicted molar refractivity (Wildman–Crippen MR) is 140 cm³/mol. The maximum atomic E-state index is 13.3. The fraction of sp³-hybridized carbons (Fsp3) is 0.310. The Hall–Kier alpha value is -3.64. The molecule has 3 aromatic carbocycles. The van der Waals surface area contributed by atoms with Crippen LogP contribution in [-0.2, 0) is 11.2 Å². The molecule has 1 aliphatic carbocycles. The van der Waals surface area contributed by atoms with Crippen LogP contribution < -0.4 is 16.6 Å². The number of hydrogen-bond donors (Lipinski definition) is 4. The van der Waals surface area contributed by atoms with Gasteiger partial charge in [0.1, 0.15) is 0 Å². The van der Waals surface area contributed by atoms with Crippen molar-refractivity contribution in [1.29, 1.82) is 0 Å². The molecular formula is C29H32N4O2. The highest BCUT2D eigenvalue weighted by atomic mass is 16.2. The van der Waals surface area contributed by atoms with Gasteiger partial charge in [0.25, 0.3) is 5.56 Å². The third kappa shape index (κ3) is 5.23. The number of amides is 1. The van der Waals surface area contributed by atoms with E-state index in [0.29, 0.717) is 24.3 Å². The van der Waals surface area contributed by atoms with Crippen molar-refractivity contribution in [3.63, 3.8) is 0 Å². The second kappa shape index (κ2) is 10.3.